The second-order valence-electron chi connectivity index (χ2n) is 9.14. The highest BCUT2D eigenvalue weighted by Crippen LogP contribution is 2.23. The van der Waals surface area contributed by atoms with E-state index in [-0.39, 0.29) is 5.41 Å². The minimum atomic E-state index is 0.0840. The van der Waals surface area contributed by atoms with Crippen LogP contribution in [-0.4, -0.2) is 47.9 Å². The molecule has 1 amide bonds. The van der Waals surface area contributed by atoms with Crippen LogP contribution in [0.25, 0.3) is 0 Å². The Balaban J connectivity index is 2.38. The Morgan fingerprint density at radius 1 is 1.05 bits per heavy atom. The van der Waals surface area contributed by atoms with Crippen LogP contribution >= 0.6 is 0 Å². The van der Waals surface area contributed by atoms with Crippen LogP contribution in [0.3, 0.4) is 0 Å². The van der Waals surface area contributed by atoms with Crippen molar-refractivity contribution in [2.75, 3.05) is 26.2 Å². The van der Waals surface area contributed by atoms with Crippen LogP contribution in [0.15, 0.2) is 0 Å². The molecule has 0 aromatic rings. The minimum absolute atomic E-state index is 0.0840. The smallest absolute Gasteiger partial charge is 0.223 e. The molecule has 1 aliphatic heterocycles. The molecule has 0 bridgehead atoms. The Bertz CT molecular complexity index is 338. The summed E-state index contributed by atoms with van der Waals surface area (Å²) in [6.07, 6.45) is 3.18. The van der Waals surface area contributed by atoms with Crippen molar-refractivity contribution < 1.29 is 4.79 Å². The van der Waals surface area contributed by atoms with Crippen molar-refractivity contribution in [3.63, 3.8) is 0 Å². The molecule has 0 aromatic heterocycles. The lowest BCUT2D eigenvalue weighted by atomic mass is 9.90. The highest BCUT2D eigenvalue weighted by Gasteiger charge is 2.29. The maximum absolute atomic E-state index is 12.4. The van der Waals surface area contributed by atoms with Crippen molar-refractivity contribution in [1.29, 1.82) is 0 Å². The SMILES string of the molecule is C[C@H]1CN(CCCC(C)(C)C)CCN1C(=O)CC(C)(C)C. The van der Waals surface area contributed by atoms with Crippen LogP contribution in [0.2, 0.25) is 0 Å². The first kappa shape index (κ1) is 18.5. The van der Waals surface area contributed by atoms with E-state index >= 15 is 0 Å². The molecule has 0 aliphatic carbocycles. The van der Waals surface area contributed by atoms with Gasteiger partial charge in [0, 0.05) is 32.1 Å². The lowest BCUT2D eigenvalue weighted by molar-refractivity contribution is -0.137. The van der Waals surface area contributed by atoms with Crippen LogP contribution in [0.1, 0.15) is 67.7 Å². The van der Waals surface area contributed by atoms with Gasteiger partial charge in [-0.1, -0.05) is 41.5 Å². The molecule has 0 N–H and O–H groups in total. The van der Waals surface area contributed by atoms with Gasteiger partial charge in [0.1, 0.15) is 0 Å². The largest absolute Gasteiger partial charge is 0.337 e. The number of hydrogen-bond acceptors (Lipinski definition) is 2. The molecule has 0 unspecified atom stereocenters. The van der Waals surface area contributed by atoms with E-state index in [1.54, 1.807) is 0 Å². The van der Waals surface area contributed by atoms with E-state index in [0.29, 0.717) is 23.8 Å². The second kappa shape index (κ2) is 7.13. The highest BCUT2D eigenvalue weighted by atomic mass is 16.2. The van der Waals surface area contributed by atoms with Gasteiger partial charge in [0.25, 0.3) is 0 Å². The van der Waals surface area contributed by atoms with Crippen molar-refractivity contribution >= 4 is 5.91 Å². The predicted molar refractivity (Wildman–Crippen MR) is 90.4 cm³/mol. The molecular weight excluding hydrogens is 260 g/mol. The van der Waals surface area contributed by atoms with Gasteiger partial charge >= 0.3 is 0 Å². The summed E-state index contributed by atoms with van der Waals surface area (Å²) in [6.45, 7) is 19.6. The van der Waals surface area contributed by atoms with Crippen LogP contribution in [0.4, 0.5) is 0 Å². The number of carbonyl (C=O) groups is 1. The Labute approximate surface area is 132 Å². The molecule has 3 nitrogen and oxygen atoms in total. The zero-order valence-corrected chi connectivity index (χ0v) is 15.3. The molecule has 0 saturated carbocycles. The van der Waals surface area contributed by atoms with Gasteiger partial charge in [-0.3, -0.25) is 9.69 Å². The summed E-state index contributed by atoms with van der Waals surface area (Å²) >= 11 is 0. The zero-order chi connectivity index (χ0) is 16.3. The molecule has 1 aliphatic rings. The number of piperazine rings is 1. The maximum atomic E-state index is 12.4. The van der Waals surface area contributed by atoms with E-state index in [9.17, 15) is 4.79 Å². The Morgan fingerprint density at radius 3 is 2.14 bits per heavy atom. The van der Waals surface area contributed by atoms with Gasteiger partial charge in [-0.25, -0.2) is 0 Å². The quantitative estimate of drug-likeness (QED) is 0.788. The van der Waals surface area contributed by atoms with Crippen molar-refractivity contribution in [1.82, 2.24) is 9.80 Å². The number of nitrogens with zero attached hydrogens (tertiary/aromatic N) is 2. The van der Waals surface area contributed by atoms with Gasteiger partial charge < -0.3 is 4.90 Å². The third-order valence-corrected chi connectivity index (χ3v) is 4.11. The molecule has 1 heterocycles. The van der Waals surface area contributed by atoms with E-state index in [2.05, 4.69) is 58.3 Å². The molecule has 1 fully saturated rings. The van der Waals surface area contributed by atoms with Gasteiger partial charge in [-0.05, 0) is 37.1 Å². The Kier molecular flexibility index (Phi) is 6.27. The van der Waals surface area contributed by atoms with E-state index in [1.807, 2.05) is 0 Å². The summed E-state index contributed by atoms with van der Waals surface area (Å²) in [5.41, 5.74) is 0.511. The van der Waals surface area contributed by atoms with Crippen molar-refractivity contribution in [2.24, 2.45) is 10.8 Å². The average molecular weight is 296 g/mol. The highest BCUT2D eigenvalue weighted by molar-refractivity contribution is 5.77. The van der Waals surface area contributed by atoms with Crippen molar-refractivity contribution in [3.8, 4) is 0 Å². The monoisotopic (exact) mass is 296 g/mol. The van der Waals surface area contributed by atoms with E-state index in [4.69, 9.17) is 0 Å². The number of hydrogen-bond donors (Lipinski definition) is 0. The predicted octanol–water partition coefficient (Wildman–Crippen LogP) is 3.78. The number of amides is 1. The molecular formula is C18H36N2O. The fourth-order valence-corrected chi connectivity index (χ4v) is 2.99. The number of rotatable bonds is 4. The normalized spacial score (nSPS) is 21.7. The average Bonchev–Trinajstić information content (AvgIpc) is 2.24. The first-order valence-electron chi connectivity index (χ1n) is 8.50. The van der Waals surface area contributed by atoms with Gasteiger partial charge in [-0.2, -0.15) is 0 Å². The molecule has 124 valence electrons. The third-order valence-electron chi connectivity index (χ3n) is 4.11. The fraction of sp³-hybridized carbons (Fsp3) is 0.944. The standard InChI is InChI=1S/C18H36N2O/c1-15-14-19(10-8-9-17(2,3)4)11-12-20(15)16(21)13-18(5,6)7/h15H,8-14H2,1-7H3/t15-/m0/s1. The van der Waals surface area contributed by atoms with E-state index in [0.717, 1.165) is 19.6 Å². The molecule has 0 aromatic carbocycles. The van der Waals surface area contributed by atoms with Crippen LogP contribution in [0.5, 0.6) is 0 Å². The zero-order valence-electron chi connectivity index (χ0n) is 15.3. The Morgan fingerprint density at radius 2 is 1.67 bits per heavy atom. The summed E-state index contributed by atoms with van der Waals surface area (Å²) in [7, 11) is 0. The topological polar surface area (TPSA) is 23.6 Å². The molecule has 0 radical (unpaired) electrons. The first-order valence-corrected chi connectivity index (χ1v) is 8.50. The van der Waals surface area contributed by atoms with E-state index in [1.165, 1.54) is 19.4 Å². The maximum Gasteiger partial charge on any atom is 0.223 e. The third kappa shape index (κ3) is 7.30. The van der Waals surface area contributed by atoms with Crippen LogP contribution in [0, 0.1) is 10.8 Å². The fourth-order valence-electron chi connectivity index (χ4n) is 2.99. The molecule has 1 atom stereocenters. The van der Waals surface area contributed by atoms with Crippen molar-refractivity contribution in [3.05, 3.63) is 0 Å². The van der Waals surface area contributed by atoms with Crippen molar-refractivity contribution in [2.45, 2.75) is 73.8 Å². The van der Waals surface area contributed by atoms with Crippen LogP contribution < -0.4 is 0 Å². The summed E-state index contributed by atoms with van der Waals surface area (Å²) in [5, 5.41) is 0. The Hall–Kier alpha value is -0.570. The van der Waals surface area contributed by atoms with E-state index < -0.39 is 0 Å². The summed E-state index contributed by atoms with van der Waals surface area (Å²) < 4.78 is 0. The lowest BCUT2D eigenvalue weighted by Crippen LogP contribution is -2.54. The second-order valence-corrected chi connectivity index (χ2v) is 9.14. The summed E-state index contributed by atoms with van der Waals surface area (Å²) in [6, 6.07) is 0.350. The molecule has 1 rings (SSSR count). The van der Waals surface area contributed by atoms with Crippen LogP contribution in [-0.2, 0) is 4.79 Å². The summed E-state index contributed by atoms with van der Waals surface area (Å²) in [5.74, 6) is 0.323. The molecule has 1 saturated heterocycles. The lowest BCUT2D eigenvalue weighted by Gasteiger charge is -2.41. The molecule has 3 heteroatoms. The summed E-state index contributed by atoms with van der Waals surface area (Å²) in [4.78, 5) is 17.0. The molecule has 21 heavy (non-hydrogen) atoms. The van der Waals surface area contributed by atoms with Gasteiger partial charge in [0.05, 0.1) is 0 Å². The van der Waals surface area contributed by atoms with Gasteiger partial charge in [-0.15, -0.1) is 0 Å². The molecule has 0 spiro atoms. The van der Waals surface area contributed by atoms with Gasteiger partial charge in [0.2, 0.25) is 5.91 Å². The minimum Gasteiger partial charge on any atom is -0.337 e. The first-order chi connectivity index (χ1) is 9.48. The van der Waals surface area contributed by atoms with Gasteiger partial charge in [0.15, 0.2) is 0 Å². The number of carbonyl (C=O) groups excluding carboxylic acids is 1.